The van der Waals surface area contributed by atoms with Crippen molar-refractivity contribution in [3.8, 4) is 17.0 Å². The molecule has 0 saturated carbocycles. The molecule has 0 radical (unpaired) electrons. The highest BCUT2D eigenvalue weighted by Gasteiger charge is 2.07. The van der Waals surface area contributed by atoms with Crippen LogP contribution in [-0.2, 0) is 6.61 Å². The summed E-state index contributed by atoms with van der Waals surface area (Å²) in [7, 11) is 0. The van der Waals surface area contributed by atoms with Gasteiger partial charge in [0.15, 0.2) is 0 Å². The molecule has 24 heavy (non-hydrogen) atoms. The summed E-state index contributed by atoms with van der Waals surface area (Å²) >= 11 is 0. The lowest BCUT2D eigenvalue weighted by Gasteiger charge is -2.08. The van der Waals surface area contributed by atoms with E-state index in [1.807, 2.05) is 36.4 Å². The third-order valence-electron chi connectivity index (χ3n) is 3.43. The highest BCUT2D eigenvalue weighted by molar-refractivity contribution is 5.94. The van der Waals surface area contributed by atoms with Crippen molar-refractivity contribution in [3.63, 3.8) is 0 Å². The zero-order valence-corrected chi connectivity index (χ0v) is 12.7. The van der Waals surface area contributed by atoms with Gasteiger partial charge in [-0.25, -0.2) is 5.48 Å². The molecule has 0 aliphatic carbocycles. The molecule has 2 aromatic heterocycles. The molecule has 1 amide bonds. The maximum absolute atomic E-state index is 11.5. The number of aromatic nitrogens is 2. The van der Waals surface area contributed by atoms with E-state index in [0.717, 1.165) is 16.9 Å². The lowest BCUT2D eigenvalue weighted by Crippen LogP contribution is -2.18. The van der Waals surface area contributed by atoms with E-state index in [-0.39, 0.29) is 0 Å². The monoisotopic (exact) mass is 321 g/mol. The fraction of sp³-hybridized carbons (Fsp3) is 0.0556. The van der Waals surface area contributed by atoms with Crippen LogP contribution in [0.5, 0.6) is 5.75 Å². The predicted molar refractivity (Wildman–Crippen MR) is 87.5 cm³/mol. The SMILES string of the molecule is O=C(NO)c1ccnc(-c2ccc(OCc3ccncc3)cc2)c1. The Morgan fingerprint density at radius 2 is 1.79 bits per heavy atom. The van der Waals surface area contributed by atoms with E-state index in [1.165, 1.54) is 12.3 Å². The van der Waals surface area contributed by atoms with Gasteiger partial charge in [-0.2, -0.15) is 0 Å². The van der Waals surface area contributed by atoms with Gasteiger partial charge in [0.1, 0.15) is 12.4 Å². The summed E-state index contributed by atoms with van der Waals surface area (Å²) in [4.78, 5) is 19.7. The number of amides is 1. The molecule has 0 aliphatic rings. The Hall–Kier alpha value is -3.25. The van der Waals surface area contributed by atoms with Gasteiger partial charge in [-0.3, -0.25) is 20.0 Å². The molecule has 0 spiro atoms. The number of nitrogens with one attached hydrogen (secondary N) is 1. The first-order chi connectivity index (χ1) is 11.8. The largest absolute Gasteiger partial charge is 0.489 e. The van der Waals surface area contributed by atoms with Gasteiger partial charge in [0.25, 0.3) is 5.91 Å². The van der Waals surface area contributed by atoms with Crippen molar-refractivity contribution in [1.29, 1.82) is 0 Å². The van der Waals surface area contributed by atoms with E-state index in [9.17, 15) is 4.79 Å². The van der Waals surface area contributed by atoms with Crippen molar-refractivity contribution in [2.24, 2.45) is 0 Å². The molecule has 3 rings (SSSR count). The van der Waals surface area contributed by atoms with E-state index in [1.54, 1.807) is 23.9 Å². The van der Waals surface area contributed by atoms with Crippen molar-refractivity contribution in [1.82, 2.24) is 15.4 Å². The van der Waals surface area contributed by atoms with E-state index in [2.05, 4.69) is 9.97 Å². The number of pyridine rings is 2. The Morgan fingerprint density at radius 1 is 1.04 bits per heavy atom. The number of hydrogen-bond acceptors (Lipinski definition) is 5. The molecule has 3 aromatic rings. The maximum Gasteiger partial charge on any atom is 0.274 e. The summed E-state index contributed by atoms with van der Waals surface area (Å²) in [6.45, 7) is 0.465. The summed E-state index contributed by atoms with van der Waals surface area (Å²) < 4.78 is 5.72. The average Bonchev–Trinajstić information content (AvgIpc) is 2.67. The topological polar surface area (TPSA) is 84.3 Å². The second kappa shape index (κ2) is 7.34. The second-order valence-electron chi connectivity index (χ2n) is 5.04. The van der Waals surface area contributed by atoms with Crippen LogP contribution in [-0.4, -0.2) is 21.1 Å². The number of nitrogens with zero attached hydrogens (tertiary/aromatic N) is 2. The molecule has 120 valence electrons. The second-order valence-corrected chi connectivity index (χ2v) is 5.04. The van der Waals surface area contributed by atoms with Crippen molar-refractivity contribution in [2.45, 2.75) is 6.61 Å². The molecule has 2 N–H and O–H groups in total. The summed E-state index contributed by atoms with van der Waals surface area (Å²) in [5, 5.41) is 8.70. The summed E-state index contributed by atoms with van der Waals surface area (Å²) in [6.07, 6.45) is 4.97. The Balaban J connectivity index is 1.71. The number of carbonyl (C=O) groups is 1. The Kier molecular flexibility index (Phi) is 4.78. The van der Waals surface area contributed by atoms with Gasteiger partial charge in [0.05, 0.1) is 5.69 Å². The van der Waals surface area contributed by atoms with Crippen molar-refractivity contribution in [2.75, 3.05) is 0 Å². The lowest BCUT2D eigenvalue weighted by atomic mass is 10.1. The third-order valence-corrected chi connectivity index (χ3v) is 3.43. The first-order valence-electron chi connectivity index (χ1n) is 7.29. The Bertz CT molecular complexity index is 820. The molecule has 0 atom stereocenters. The Morgan fingerprint density at radius 3 is 2.50 bits per heavy atom. The van der Waals surface area contributed by atoms with E-state index < -0.39 is 5.91 Å². The molecule has 2 heterocycles. The van der Waals surface area contributed by atoms with Crippen molar-refractivity contribution in [3.05, 3.63) is 78.2 Å². The quantitative estimate of drug-likeness (QED) is 0.557. The van der Waals surface area contributed by atoms with Crippen LogP contribution in [0.15, 0.2) is 67.1 Å². The van der Waals surface area contributed by atoms with Crippen LogP contribution >= 0.6 is 0 Å². The van der Waals surface area contributed by atoms with Crippen LogP contribution in [0.25, 0.3) is 11.3 Å². The number of hydroxylamine groups is 1. The molecule has 0 aliphatic heterocycles. The maximum atomic E-state index is 11.5. The summed E-state index contributed by atoms with van der Waals surface area (Å²) in [6, 6.07) is 14.4. The van der Waals surface area contributed by atoms with E-state index in [0.29, 0.717) is 17.9 Å². The van der Waals surface area contributed by atoms with Crippen LogP contribution in [0.3, 0.4) is 0 Å². The van der Waals surface area contributed by atoms with Gasteiger partial charge in [0, 0.05) is 29.7 Å². The first-order valence-corrected chi connectivity index (χ1v) is 7.29. The molecule has 1 aromatic carbocycles. The third kappa shape index (κ3) is 3.74. The summed E-state index contributed by atoms with van der Waals surface area (Å²) in [5.74, 6) is 0.163. The molecule has 6 nitrogen and oxygen atoms in total. The minimum absolute atomic E-state index is 0.334. The first kappa shape index (κ1) is 15.6. The van der Waals surface area contributed by atoms with Crippen LogP contribution in [0, 0.1) is 0 Å². The lowest BCUT2D eigenvalue weighted by molar-refractivity contribution is 0.0706. The molecular formula is C18H15N3O3. The number of benzene rings is 1. The standard InChI is InChI=1S/C18H15N3O3/c22-18(21-23)15-7-10-20-17(11-15)14-1-3-16(4-2-14)24-12-13-5-8-19-9-6-13/h1-11,23H,12H2,(H,21,22). The number of carbonyl (C=O) groups excluding carboxylic acids is 1. The summed E-state index contributed by atoms with van der Waals surface area (Å²) in [5.41, 5.74) is 4.47. The highest BCUT2D eigenvalue weighted by Crippen LogP contribution is 2.22. The molecule has 0 fully saturated rings. The minimum Gasteiger partial charge on any atom is -0.489 e. The van der Waals surface area contributed by atoms with Crippen LogP contribution < -0.4 is 10.2 Å². The molecule has 0 bridgehead atoms. The molecule has 0 unspecified atom stereocenters. The Labute approximate surface area is 138 Å². The predicted octanol–water partition coefficient (Wildman–Crippen LogP) is 2.84. The smallest absolute Gasteiger partial charge is 0.274 e. The average molecular weight is 321 g/mol. The zero-order valence-electron chi connectivity index (χ0n) is 12.7. The number of rotatable bonds is 5. The highest BCUT2D eigenvalue weighted by atomic mass is 16.5. The van der Waals surface area contributed by atoms with Crippen molar-refractivity contribution < 1.29 is 14.7 Å². The normalized spacial score (nSPS) is 10.2. The van der Waals surface area contributed by atoms with Gasteiger partial charge in [0.2, 0.25) is 0 Å². The molecule has 6 heteroatoms. The number of hydrogen-bond donors (Lipinski definition) is 2. The van der Waals surface area contributed by atoms with Gasteiger partial charge >= 0.3 is 0 Å². The minimum atomic E-state index is -0.573. The van der Waals surface area contributed by atoms with Gasteiger partial charge in [-0.05, 0) is 54.1 Å². The fourth-order valence-corrected chi connectivity index (χ4v) is 2.16. The van der Waals surface area contributed by atoms with Crippen LogP contribution in [0.4, 0.5) is 0 Å². The van der Waals surface area contributed by atoms with Crippen LogP contribution in [0.2, 0.25) is 0 Å². The number of ether oxygens (including phenoxy) is 1. The van der Waals surface area contributed by atoms with Gasteiger partial charge in [-0.1, -0.05) is 0 Å². The van der Waals surface area contributed by atoms with Gasteiger partial charge in [-0.15, -0.1) is 0 Å². The van der Waals surface area contributed by atoms with Crippen LogP contribution in [0.1, 0.15) is 15.9 Å². The van der Waals surface area contributed by atoms with E-state index in [4.69, 9.17) is 9.94 Å². The zero-order chi connectivity index (χ0) is 16.8. The molecule has 0 saturated heterocycles. The molecular weight excluding hydrogens is 306 g/mol. The van der Waals surface area contributed by atoms with Crippen molar-refractivity contribution >= 4 is 5.91 Å². The van der Waals surface area contributed by atoms with E-state index >= 15 is 0 Å². The van der Waals surface area contributed by atoms with Gasteiger partial charge < -0.3 is 4.74 Å². The fourth-order valence-electron chi connectivity index (χ4n) is 2.16.